The SMILES string of the molecule is Fc1ccc(-c2ccc(C3(c4ccc(-c5ccccc5)cc4)c4c(c5ccccc5c5ccccc45)Oc4c3c3ccccc3c3ccccc43)cc2)cc1. The molecule has 11 rings (SSSR count). The van der Waals surface area contributed by atoms with Crippen molar-refractivity contribution in [3.8, 4) is 33.8 Å². The number of benzene rings is 10. The van der Waals surface area contributed by atoms with Crippen molar-refractivity contribution in [1.29, 1.82) is 0 Å². The Morgan fingerprint density at radius 1 is 0.291 bits per heavy atom. The Hall–Kier alpha value is -7.03. The van der Waals surface area contributed by atoms with Gasteiger partial charge in [-0.1, -0.05) is 188 Å². The zero-order chi connectivity index (χ0) is 36.5. The predicted molar refractivity (Wildman–Crippen MR) is 226 cm³/mol. The zero-order valence-corrected chi connectivity index (χ0v) is 29.8. The lowest BCUT2D eigenvalue weighted by Gasteiger charge is -2.44. The molecule has 0 saturated carbocycles. The quantitative estimate of drug-likeness (QED) is 0.166. The third-order valence-electron chi connectivity index (χ3n) is 11.6. The Labute approximate surface area is 318 Å². The van der Waals surface area contributed by atoms with Gasteiger partial charge in [0.05, 0.1) is 5.41 Å². The fraction of sp³-hybridized carbons (Fsp3) is 0.0189. The molecule has 10 aromatic rings. The summed E-state index contributed by atoms with van der Waals surface area (Å²) in [7, 11) is 0. The lowest BCUT2D eigenvalue weighted by molar-refractivity contribution is 0.449. The Morgan fingerprint density at radius 2 is 0.600 bits per heavy atom. The van der Waals surface area contributed by atoms with E-state index in [1.54, 1.807) is 0 Å². The molecule has 0 atom stereocenters. The molecule has 55 heavy (non-hydrogen) atoms. The summed E-state index contributed by atoms with van der Waals surface area (Å²) in [6.07, 6.45) is 0. The van der Waals surface area contributed by atoms with Crippen LogP contribution in [0.3, 0.4) is 0 Å². The first-order valence-corrected chi connectivity index (χ1v) is 18.8. The molecule has 1 aliphatic rings. The molecule has 1 nitrogen and oxygen atoms in total. The second kappa shape index (κ2) is 12.3. The van der Waals surface area contributed by atoms with E-state index in [0.29, 0.717) is 0 Å². The van der Waals surface area contributed by atoms with Gasteiger partial charge in [-0.25, -0.2) is 4.39 Å². The first-order valence-electron chi connectivity index (χ1n) is 18.8. The molecule has 1 heterocycles. The van der Waals surface area contributed by atoms with Gasteiger partial charge in [0.15, 0.2) is 0 Å². The summed E-state index contributed by atoms with van der Waals surface area (Å²) in [5.41, 5.74) is 8.01. The molecule has 0 amide bonds. The molecule has 0 fully saturated rings. The second-order valence-corrected chi connectivity index (χ2v) is 14.5. The number of fused-ring (bicyclic) bond motifs is 12. The summed E-state index contributed by atoms with van der Waals surface area (Å²) in [5.74, 6) is 1.50. The number of halogens is 1. The van der Waals surface area contributed by atoms with Gasteiger partial charge in [-0.3, -0.25) is 0 Å². The molecule has 0 bridgehead atoms. The standard InChI is InChI=1S/C53H33FO/c54-40-32-26-37(27-33-40)36-24-30-39(31-25-36)53(38-28-22-35(23-29-38)34-12-2-1-3-13-34)49-45-18-8-4-14-41(45)43-16-6-10-20-47(43)51(49)55-52-48-21-11-7-17-44(48)42-15-5-9-19-46(42)50(52)53/h1-33H. The van der Waals surface area contributed by atoms with Gasteiger partial charge in [0.1, 0.15) is 17.3 Å². The molecule has 2 heteroatoms. The van der Waals surface area contributed by atoms with Crippen molar-refractivity contribution in [3.63, 3.8) is 0 Å². The molecule has 0 spiro atoms. The van der Waals surface area contributed by atoms with Gasteiger partial charge >= 0.3 is 0 Å². The van der Waals surface area contributed by atoms with Crippen LogP contribution in [0.4, 0.5) is 4.39 Å². The van der Waals surface area contributed by atoms with Crippen molar-refractivity contribution >= 4 is 43.1 Å². The third kappa shape index (κ3) is 4.65. The molecule has 10 aromatic carbocycles. The van der Waals surface area contributed by atoms with Crippen molar-refractivity contribution in [2.75, 3.05) is 0 Å². The fourth-order valence-electron chi connectivity index (χ4n) is 9.24. The van der Waals surface area contributed by atoms with E-state index in [1.165, 1.54) is 28.5 Å². The van der Waals surface area contributed by atoms with Gasteiger partial charge in [0.2, 0.25) is 0 Å². The van der Waals surface area contributed by atoms with Gasteiger partial charge in [-0.05, 0) is 77.8 Å². The minimum Gasteiger partial charge on any atom is -0.455 e. The van der Waals surface area contributed by atoms with Gasteiger partial charge in [0, 0.05) is 21.9 Å². The van der Waals surface area contributed by atoms with E-state index >= 15 is 0 Å². The van der Waals surface area contributed by atoms with Crippen LogP contribution in [0.25, 0.3) is 65.3 Å². The monoisotopic (exact) mass is 704 g/mol. The Morgan fingerprint density at radius 3 is 1.02 bits per heavy atom. The predicted octanol–water partition coefficient (Wildman–Crippen LogP) is 14.3. The summed E-state index contributed by atoms with van der Waals surface area (Å²) in [5, 5.41) is 9.13. The van der Waals surface area contributed by atoms with Gasteiger partial charge in [-0.2, -0.15) is 0 Å². The smallest absolute Gasteiger partial charge is 0.140 e. The molecule has 0 aromatic heterocycles. The van der Waals surface area contributed by atoms with Crippen molar-refractivity contribution in [1.82, 2.24) is 0 Å². The molecule has 0 unspecified atom stereocenters. The first-order chi connectivity index (χ1) is 27.2. The highest BCUT2D eigenvalue weighted by Crippen LogP contribution is 2.62. The van der Waals surface area contributed by atoms with Crippen molar-refractivity contribution in [2.45, 2.75) is 5.41 Å². The first kappa shape index (κ1) is 31.5. The van der Waals surface area contributed by atoms with E-state index in [-0.39, 0.29) is 5.82 Å². The average Bonchev–Trinajstić information content (AvgIpc) is 3.26. The Bertz CT molecular complexity index is 2970. The van der Waals surface area contributed by atoms with E-state index in [9.17, 15) is 4.39 Å². The van der Waals surface area contributed by atoms with Gasteiger partial charge in [0.25, 0.3) is 0 Å². The molecule has 1 aliphatic heterocycles. The van der Waals surface area contributed by atoms with E-state index < -0.39 is 5.41 Å². The Kier molecular flexibility index (Phi) is 7.02. The molecular formula is C53H33FO. The van der Waals surface area contributed by atoms with Crippen LogP contribution < -0.4 is 4.74 Å². The minimum absolute atomic E-state index is 0.244. The van der Waals surface area contributed by atoms with Crippen molar-refractivity contribution < 1.29 is 9.13 Å². The van der Waals surface area contributed by atoms with Crippen molar-refractivity contribution in [3.05, 3.63) is 228 Å². The number of rotatable bonds is 4. The average molecular weight is 705 g/mol. The van der Waals surface area contributed by atoms with Crippen LogP contribution in [-0.4, -0.2) is 0 Å². The van der Waals surface area contributed by atoms with Crippen LogP contribution in [0.1, 0.15) is 22.3 Å². The summed E-state index contributed by atoms with van der Waals surface area (Å²) in [6, 6.07) is 70.3. The summed E-state index contributed by atoms with van der Waals surface area (Å²) < 4.78 is 21.5. The molecular weight excluding hydrogens is 672 g/mol. The maximum atomic E-state index is 14.0. The second-order valence-electron chi connectivity index (χ2n) is 14.5. The van der Waals surface area contributed by atoms with Crippen LogP contribution >= 0.6 is 0 Å². The zero-order valence-electron chi connectivity index (χ0n) is 29.8. The number of hydrogen-bond donors (Lipinski definition) is 0. The normalized spacial score (nSPS) is 13.1. The van der Waals surface area contributed by atoms with Crippen LogP contribution in [0.5, 0.6) is 11.5 Å². The van der Waals surface area contributed by atoms with Crippen LogP contribution in [0.2, 0.25) is 0 Å². The molecule has 0 aliphatic carbocycles. The third-order valence-corrected chi connectivity index (χ3v) is 11.6. The van der Waals surface area contributed by atoms with Gasteiger partial charge in [-0.15, -0.1) is 0 Å². The molecule has 0 N–H and O–H groups in total. The van der Waals surface area contributed by atoms with Crippen LogP contribution in [0, 0.1) is 5.82 Å². The minimum atomic E-state index is -0.827. The fourth-order valence-corrected chi connectivity index (χ4v) is 9.24. The molecule has 258 valence electrons. The topological polar surface area (TPSA) is 9.23 Å². The van der Waals surface area contributed by atoms with E-state index in [2.05, 4.69) is 176 Å². The van der Waals surface area contributed by atoms with E-state index in [0.717, 1.165) is 82.8 Å². The summed E-state index contributed by atoms with van der Waals surface area (Å²) in [4.78, 5) is 0. The van der Waals surface area contributed by atoms with Gasteiger partial charge < -0.3 is 4.74 Å². The lowest BCUT2D eigenvalue weighted by Crippen LogP contribution is -2.35. The number of hydrogen-bond acceptors (Lipinski definition) is 1. The highest BCUT2D eigenvalue weighted by atomic mass is 19.1. The maximum absolute atomic E-state index is 14.0. The maximum Gasteiger partial charge on any atom is 0.140 e. The van der Waals surface area contributed by atoms with E-state index in [1.807, 2.05) is 12.1 Å². The van der Waals surface area contributed by atoms with Crippen molar-refractivity contribution in [2.24, 2.45) is 0 Å². The van der Waals surface area contributed by atoms with E-state index in [4.69, 9.17) is 4.74 Å². The highest BCUT2D eigenvalue weighted by molar-refractivity contribution is 6.18. The summed E-state index contributed by atoms with van der Waals surface area (Å²) in [6.45, 7) is 0. The highest BCUT2D eigenvalue weighted by Gasteiger charge is 2.49. The largest absolute Gasteiger partial charge is 0.455 e. The lowest BCUT2D eigenvalue weighted by atomic mass is 9.60. The summed E-state index contributed by atoms with van der Waals surface area (Å²) >= 11 is 0. The number of ether oxygens (including phenoxy) is 1. The molecule has 0 saturated heterocycles. The Balaban J connectivity index is 1.35. The van der Waals surface area contributed by atoms with Crippen LogP contribution in [0.15, 0.2) is 200 Å². The van der Waals surface area contributed by atoms with Crippen LogP contribution in [-0.2, 0) is 5.41 Å². The molecule has 0 radical (unpaired) electrons.